The zero-order valence-electron chi connectivity index (χ0n) is 11.4. The Morgan fingerprint density at radius 3 is 2.85 bits per heavy atom. The van der Waals surface area contributed by atoms with Gasteiger partial charge in [-0.15, -0.1) is 22.7 Å². The molecule has 0 N–H and O–H groups in total. The van der Waals surface area contributed by atoms with Gasteiger partial charge < -0.3 is 4.74 Å². The molecule has 0 bridgehead atoms. The van der Waals surface area contributed by atoms with Crippen LogP contribution in [0.15, 0.2) is 23.7 Å². The van der Waals surface area contributed by atoms with Crippen LogP contribution in [0.5, 0.6) is 5.75 Å². The molecule has 0 aliphatic rings. The van der Waals surface area contributed by atoms with E-state index in [-0.39, 0.29) is 11.8 Å². The zero-order chi connectivity index (χ0) is 14.3. The fraction of sp³-hybridized carbons (Fsp3) is 0.286. The van der Waals surface area contributed by atoms with Gasteiger partial charge in [0.15, 0.2) is 11.4 Å². The third-order valence-electron chi connectivity index (χ3n) is 3.05. The second kappa shape index (κ2) is 5.03. The number of hydrogen-bond donors (Lipinski definition) is 0. The molecule has 0 atom stereocenters. The lowest BCUT2D eigenvalue weighted by Gasteiger charge is -2.10. The smallest absolute Gasteiger partial charge is 0.224 e. The predicted octanol–water partition coefficient (Wildman–Crippen LogP) is 3.98. The molecule has 3 aromatic rings. The molecule has 0 saturated heterocycles. The molecular weight excluding hydrogens is 292 g/mol. The van der Waals surface area contributed by atoms with E-state index in [4.69, 9.17) is 4.74 Å². The highest BCUT2D eigenvalue weighted by atomic mass is 32.1. The number of aromatic nitrogens is 2. The Morgan fingerprint density at radius 1 is 1.40 bits per heavy atom. The Bertz CT molecular complexity index is 739. The Kier molecular flexibility index (Phi) is 3.35. The molecule has 0 spiro atoms. The molecule has 3 heterocycles. The van der Waals surface area contributed by atoms with Gasteiger partial charge >= 0.3 is 0 Å². The summed E-state index contributed by atoms with van der Waals surface area (Å²) < 4.78 is 9.29. The molecule has 0 unspecified atom stereocenters. The quantitative estimate of drug-likeness (QED) is 0.685. The van der Waals surface area contributed by atoms with Gasteiger partial charge in [0.2, 0.25) is 5.78 Å². The lowest BCUT2D eigenvalue weighted by Crippen LogP contribution is -2.13. The van der Waals surface area contributed by atoms with Crippen molar-refractivity contribution >= 4 is 37.9 Å². The van der Waals surface area contributed by atoms with Crippen molar-refractivity contribution in [2.45, 2.75) is 19.9 Å². The van der Waals surface area contributed by atoms with Gasteiger partial charge in [0.25, 0.3) is 0 Å². The van der Waals surface area contributed by atoms with E-state index >= 15 is 0 Å². The third-order valence-corrected chi connectivity index (χ3v) is 5.14. The van der Waals surface area contributed by atoms with Crippen LogP contribution < -0.4 is 4.74 Å². The second-order valence-corrected chi connectivity index (χ2v) is 6.72. The second-order valence-electron chi connectivity index (χ2n) is 4.69. The normalized spacial score (nSPS) is 11.4. The minimum Gasteiger partial charge on any atom is -0.493 e. The Morgan fingerprint density at radius 2 is 2.20 bits per heavy atom. The summed E-state index contributed by atoms with van der Waals surface area (Å²) in [4.78, 5) is 13.5. The summed E-state index contributed by atoms with van der Waals surface area (Å²) in [6, 6.07) is 4.10. The predicted molar refractivity (Wildman–Crippen MR) is 82.3 cm³/mol. The van der Waals surface area contributed by atoms with E-state index in [0.29, 0.717) is 11.4 Å². The van der Waals surface area contributed by atoms with E-state index in [0.717, 1.165) is 14.3 Å². The van der Waals surface area contributed by atoms with Crippen molar-refractivity contribution in [2.24, 2.45) is 0 Å². The van der Waals surface area contributed by atoms with Crippen molar-refractivity contribution in [3.05, 3.63) is 34.3 Å². The van der Waals surface area contributed by atoms with Gasteiger partial charge in [-0.1, -0.05) is 0 Å². The first-order chi connectivity index (χ1) is 9.61. The number of fused-ring (bicyclic) bond motifs is 1. The number of carbonyl (C=O) groups is 1. The van der Waals surface area contributed by atoms with Crippen LogP contribution in [0.4, 0.5) is 0 Å². The minimum atomic E-state index is -0.0264. The van der Waals surface area contributed by atoms with Gasteiger partial charge in [-0.25, -0.2) is 0 Å². The molecule has 3 rings (SSSR count). The van der Waals surface area contributed by atoms with Gasteiger partial charge in [-0.2, -0.15) is 5.10 Å². The first-order valence-electron chi connectivity index (χ1n) is 6.25. The van der Waals surface area contributed by atoms with Crippen molar-refractivity contribution in [3.8, 4) is 5.75 Å². The number of methoxy groups -OCH3 is 1. The van der Waals surface area contributed by atoms with Crippen molar-refractivity contribution in [3.63, 3.8) is 0 Å². The summed E-state index contributed by atoms with van der Waals surface area (Å²) in [6.45, 7) is 3.99. The van der Waals surface area contributed by atoms with Crippen molar-refractivity contribution in [2.75, 3.05) is 7.11 Å². The monoisotopic (exact) mass is 306 g/mol. The Hall–Kier alpha value is -1.66. The van der Waals surface area contributed by atoms with E-state index in [2.05, 4.69) is 5.10 Å². The summed E-state index contributed by atoms with van der Waals surface area (Å²) in [5.41, 5.74) is 0.524. The van der Waals surface area contributed by atoms with E-state index < -0.39 is 0 Å². The molecule has 4 nitrogen and oxygen atoms in total. The number of rotatable bonds is 4. The first kappa shape index (κ1) is 13.3. The molecule has 0 fully saturated rings. The summed E-state index contributed by atoms with van der Waals surface area (Å²) in [7, 11) is 1.56. The molecule has 0 aromatic carbocycles. The molecule has 0 saturated carbocycles. The maximum absolute atomic E-state index is 12.8. The standard InChI is InChI=1S/C14H14N2O2S2/c1-8(2)16-13(9(18-3)7-15-16)14(17)12-6-11-10(20-12)4-5-19-11/h4-8H,1-3H3. The fourth-order valence-electron chi connectivity index (χ4n) is 2.10. The minimum absolute atomic E-state index is 0.0264. The number of hydrogen-bond acceptors (Lipinski definition) is 5. The van der Waals surface area contributed by atoms with Gasteiger partial charge in [-0.3, -0.25) is 9.48 Å². The van der Waals surface area contributed by atoms with Gasteiger partial charge in [0, 0.05) is 15.4 Å². The Balaban J connectivity index is 2.09. The molecule has 0 amide bonds. The number of ketones is 1. The molecule has 3 aromatic heterocycles. The molecule has 104 valence electrons. The maximum atomic E-state index is 12.8. The zero-order valence-corrected chi connectivity index (χ0v) is 13.0. The van der Waals surface area contributed by atoms with Crippen LogP contribution in [0.25, 0.3) is 9.40 Å². The van der Waals surface area contributed by atoms with Crippen LogP contribution in [0.1, 0.15) is 35.3 Å². The summed E-state index contributed by atoms with van der Waals surface area (Å²) in [5.74, 6) is 0.502. The third kappa shape index (κ3) is 2.05. The van der Waals surface area contributed by atoms with Crippen LogP contribution in [0, 0.1) is 0 Å². The maximum Gasteiger partial charge on any atom is 0.224 e. The van der Waals surface area contributed by atoms with Crippen LogP contribution in [0.3, 0.4) is 0 Å². The lowest BCUT2D eigenvalue weighted by molar-refractivity contribution is 0.102. The largest absolute Gasteiger partial charge is 0.493 e. The highest BCUT2D eigenvalue weighted by molar-refractivity contribution is 7.28. The van der Waals surface area contributed by atoms with E-state index in [9.17, 15) is 4.79 Å². The van der Waals surface area contributed by atoms with Gasteiger partial charge in [0.05, 0.1) is 18.2 Å². The molecule has 0 aliphatic carbocycles. The van der Waals surface area contributed by atoms with Gasteiger partial charge in [0.1, 0.15) is 0 Å². The summed E-state index contributed by atoms with van der Waals surface area (Å²) in [6.07, 6.45) is 1.60. The van der Waals surface area contributed by atoms with Crippen LogP contribution >= 0.6 is 22.7 Å². The van der Waals surface area contributed by atoms with E-state index in [1.54, 1.807) is 29.3 Å². The molecule has 0 radical (unpaired) electrons. The van der Waals surface area contributed by atoms with Crippen LogP contribution in [-0.2, 0) is 0 Å². The molecule has 0 aliphatic heterocycles. The highest BCUT2D eigenvalue weighted by Gasteiger charge is 2.24. The van der Waals surface area contributed by atoms with Crippen molar-refractivity contribution in [1.82, 2.24) is 9.78 Å². The summed E-state index contributed by atoms with van der Waals surface area (Å²) in [5, 5.41) is 6.29. The van der Waals surface area contributed by atoms with Gasteiger partial charge in [-0.05, 0) is 31.4 Å². The van der Waals surface area contributed by atoms with Crippen LogP contribution in [0.2, 0.25) is 0 Å². The topological polar surface area (TPSA) is 44.1 Å². The fourth-order valence-corrected chi connectivity index (χ4v) is 4.15. The van der Waals surface area contributed by atoms with E-state index in [1.165, 1.54) is 11.3 Å². The molecular formula is C14H14N2O2S2. The van der Waals surface area contributed by atoms with Crippen molar-refractivity contribution < 1.29 is 9.53 Å². The first-order valence-corrected chi connectivity index (χ1v) is 7.94. The van der Waals surface area contributed by atoms with E-state index in [1.807, 2.05) is 31.4 Å². The van der Waals surface area contributed by atoms with Crippen molar-refractivity contribution in [1.29, 1.82) is 0 Å². The SMILES string of the molecule is COc1cnn(C(C)C)c1C(=O)c1cc2sccc2s1. The number of thiophene rings is 2. The summed E-state index contributed by atoms with van der Waals surface area (Å²) >= 11 is 3.16. The molecule has 6 heteroatoms. The Labute approximate surface area is 124 Å². The number of carbonyl (C=O) groups excluding carboxylic acids is 1. The number of ether oxygens (including phenoxy) is 1. The number of nitrogens with zero attached hydrogens (tertiary/aromatic N) is 2. The molecule has 20 heavy (non-hydrogen) atoms. The lowest BCUT2D eigenvalue weighted by atomic mass is 10.2. The average Bonchev–Trinajstić information content (AvgIpc) is 3.10. The highest BCUT2D eigenvalue weighted by Crippen LogP contribution is 2.33. The van der Waals surface area contributed by atoms with Crippen LogP contribution in [-0.4, -0.2) is 22.7 Å². The average molecular weight is 306 g/mol.